The van der Waals surface area contributed by atoms with Crippen molar-refractivity contribution in [2.75, 3.05) is 7.11 Å². The van der Waals surface area contributed by atoms with Crippen LogP contribution in [0.5, 0.6) is 5.75 Å². The summed E-state index contributed by atoms with van der Waals surface area (Å²) in [6.07, 6.45) is 1.56. The molecule has 2 aromatic rings. The summed E-state index contributed by atoms with van der Waals surface area (Å²) in [6, 6.07) is 4.60. The lowest BCUT2D eigenvalue weighted by Crippen LogP contribution is -1.95. The predicted molar refractivity (Wildman–Crippen MR) is 63.7 cm³/mol. The average molecular weight is 253 g/mol. The Morgan fingerprint density at radius 3 is 2.76 bits per heavy atom. The second kappa shape index (κ2) is 4.67. The molecule has 0 N–H and O–H groups in total. The van der Waals surface area contributed by atoms with Gasteiger partial charge in [0.05, 0.1) is 12.8 Å². The predicted octanol–water partition coefficient (Wildman–Crippen LogP) is 3.25. The van der Waals surface area contributed by atoms with Crippen molar-refractivity contribution in [2.24, 2.45) is 0 Å². The number of hydrogen-bond donors (Lipinski definition) is 0. The fraction of sp³-hybridized carbons (Fsp3) is 0.167. The molecule has 0 atom stereocenters. The first-order valence-corrected chi connectivity index (χ1v) is 5.32. The van der Waals surface area contributed by atoms with Gasteiger partial charge in [-0.1, -0.05) is 0 Å². The molecular formula is C12H10ClFN2O. The van der Waals surface area contributed by atoms with Gasteiger partial charge in [-0.3, -0.25) is 0 Å². The second-order valence-corrected chi connectivity index (χ2v) is 3.85. The lowest BCUT2D eigenvalue weighted by Gasteiger charge is -2.07. The van der Waals surface area contributed by atoms with Crippen molar-refractivity contribution in [3.63, 3.8) is 0 Å². The average Bonchev–Trinajstić information content (AvgIpc) is 2.32. The summed E-state index contributed by atoms with van der Waals surface area (Å²) >= 11 is 5.71. The van der Waals surface area contributed by atoms with E-state index in [-0.39, 0.29) is 5.28 Å². The van der Waals surface area contributed by atoms with Crippen molar-refractivity contribution in [2.45, 2.75) is 6.92 Å². The number of nitrogens with zero attached hydrogens (tertiary/aromatic N) is 2. The highest BCUT2D eigenvalue weighted by Gasteiger charge is 2.11. The summed E-state index contributed by atoms with van der Waals surface area (Å²) in [7, 11) is 1.49. The molecule has 0 saturated heterocycles. The lowest BCUT2D eigenvalue weighted by molar-refractivity contribution is 0.411. The van der Waals surface area contributed by atoms with Gasteiger partial charge >= 0.3 is 0 Å². The molecule has 3 nitrogen and oxygen atoms in total. The molecule has 0 radical (unpaired) electrons. The van der Waals surface area contributed by atoms with Crippen molar-refractivity contribution < 1.29 is 9.13 Å². The van der Waals surface area contributed by atoms with Crippen molar-refractivity contribution in [3.05, 3.63) is 41.1 Å². The lowest BCUT2D eigenvalue weighted by atomic mass is 10.1. The van der Waals surface area contributed by atoms with Gasteiger partial charge in [0.2, 0.25) is 5.28 Å². The van der Waals surface area contributed by atoms with Gasteiger partial charge in [0.25, 0.3) is 0 Å². The van der Waals surface area contributed by atoms with Crippen molar-refractivity contribution in [3.8, 4) is 17.0 Å². The number of benzene rings is 1. The molecule has 1 heterocycles. The van der Waals surface area contributed by atoms with Crippen LogP contribution >= 0.6 is 11.6 Å². The first kappa shape index (κ1) is 11.8. The standard InChI is InChI=1S/C12H10ClFN2O/c1-7-6-15-12(13)16-11(7)9-4-3-8(17-2)5-10(9)14/h3-6H,1-2H3. The number of methoxy groups -OCH3 is 1. The van der Waals surface area contributed by atoms with Crippen LogP contribution in [0.25, 0.3) is 11.3 Å². The van der Waals surface area contributed by atoms with Gasteiger partial charge < -0.3 is 4.74 Å². The van der Waals surface area contributed by atoms with E-state index >= 15 is 0 Å². The quantitative estimate of drug-likeness (QED) is 0.770. The van der Waals surface area contributed by atoms with Gasteiger partial charge in [-0.05, 0) is 36.2 Å². The van der Waals surface area contributed by atoms with Crippen LogP contribution in [0, 0.1) is 12.7 Å². The Bertz CT molecular complexity index is 560. The number of halogens is 2. The molecule has 0 fully saturated rings. The maximum Gasteiger partial charge on any atom is 0.222 e. The minimum atomic E-state index is -0.401. The summed E-state index contributed by atoms with van der Waals surface area (Å²) < 4.78 is 18.8. The summed E-state index contributed by atoms with van der Waals surface area (Å²) in [5.74, 6) is 0.0614. The van der Waals surface area contributed by atoms with Crippen molar-refractivity contribution in [1.82, 2.24) is 9.97 Å². The number of aryl methyl sites for hydroxylation is 1. The van der Waals surface area contributed by atoms with E-state index in [1.165, 1.54) is 13.2 Å². The van der Waals surface area contributed by atoms with E-state index in [0.29, 0.717) is 17.0 Å². The molecule has 0 amide bonds. The van der Waals surface area contributed by atoms with Crippen LogP contribution in [0.3, 0.4) is 0 Å². The maximum atomic E-state index is 13.9. The van der Waals surface area contributed by atoms with Gasteiger partial charge in [-0.25, -0.2) is 14.4 Å². The number of ether oxygens (including phenoxy) is 1. The van der Waals surface area contributed by atoms with E-state index in [1.807, 2.05) is 0 Å². The molecule has 0 unspecified atom stereocenters. The third-order valence-corrected chi connectivity index (χ3v) is 2.56. The molecular weight excluding hydrogens is 243 g/mol. The fourth-order valence-corrected chi connectivity index (χ4v) is 1.64. The number of aromatic nitrogens is 2. The van der Waals surface area contributed by atoms with E-state index in [2.05, 4.69) is 9.97 Å². The normalized spacial score (nSPS) is 10.4. The molecule has 0 bridgehead atoms. The highest BCUT2D eigenvalue weighted by atomic mass is 35.5. The molecule has 17 heavy (non-hydrogen) atoms. The van der Waals surface area contributed by atoms with Crippen LogP contribution in [-0.2, 0) is 0 Å². The zero-order chi connectivity index (χ0) is 12.4. The summed E-state index contributed by atoms with van der Waals surface area (Å²) in [4.78, 5) is 7.87. The Balaban J connectivity index is 2.56. The number of hydrogen-bond acceptors (Lipinski definition) is 3. The SMILES string of the molecule is COc1ccc(-c2nc(Cl)ncc2C)c(F)c1. The molecule has 1 aromatic carbocycles. The molecule has 0 spiro atoms. The highest BCUT2D eigenvalue weighted by molar-refractivity contribution is 6.28. The molecule has 1 aromatic heterocycles. The van der Waals surface area contributed by atoms with E-state index in [0.717, 1.165) is 5.56 Å². The Morgan fingerprint density at radius 2 is 2.12 bits per heavy atom. The van der Waals surface area contributed by atoms with Gasteiger partial charge in [0, 0.05) is 17.8 Å². The second-order valence-electron chi connectivity index (χ2n) is 3.52. The zero-order valence-corrected chi connectivity index (χ0v) is 10.1. The van der Waals surface area contributed by atoms with Crippen molar-refractivity contribution in [1.29, 1.82) is 0 Å². The molecule has 5 heteroatoms. The van der Waals surface area contributed by atoms with Crippen LogP contribution in [0.15, 0.2) is 24.4 Å². The van der Waals surface area contributed by atoms with Gasteiger partial charge in [-0.15, -0.1) is 0 Å². The van der Waals surface area contributed by atoms with E-state index in [1.54, 1.807) is 25.3 Å². The van der Waals surface area contributed by atoms with Crippen molar-refractivity contribution >= 4 is 11.6 Å². The van der Waals surface area contributed by atoms with Crippen LogP contribution in [0.4, 0.5) is 4.39 Å². The largest absolute Gasteiger partial charge is 0.497 e. The molecule has 88 valence electrons. The van der Waals surface area contributed by atoms with E-state index in [9.17, 15) is 4.39 Å². The van der Waals surface area contributed by atoms with Gasteiger partial charge in [0.1, 0.15) is 11.6 Å². The Kier molecular flexibility index (Phi) is 3.24. The highest BCUT2D eigenvalue weighted by Crippen LogP contribution is 2.27. The third kappa shape index (κ3) is 2.36. The first-order valence-electron chi connectivity index (χ1n) is 4.95. The smallest absolute Gasteiger partial charge is 0.222 e. The molecule has 2 rings (SSSR count). The number of rotatable bonds is 2. The van der Waals surface area contributed by atoms with Crippen LogP contribution < -0.4 is 4.74 Å². The first-order chi connectivity index (χ1) is 8.11. The zero-order valence-electron chi connectivity index (χ0n) is 9.37. The minimum absolute atomic E-state index is 0.0980. The Hall–Kier alpha value is -1.68. The van der Waals surface area contributed by atoms with Gasteiger partial charge in [0.15, 0.2) is 0 Å². The van der Waals surface area contributed by atoms with Crippen LogP contribution in [-0.4, -0.2) is 17.1 Å². The molecule has 0 aliphatic rings. The molecule has 0 aliphatic carbocycles. The van der Waals surface area contributed by atoms with E-state index < -0.39 is 5.82 Å². The van der Waals surface area contributed by atoms with E-state index in [4.69, 9.17) is 16.3 Å². The Labute approximate surface area is 103 Å². The maximum absolute atomic E-state index is 13.9. The Morgan fingerprint density at radius 1 is 1.35 bits per heavy atom. The summed E-state index contributed by atoms with van der Waals surface area (Å²) in [5.41, 5.74) is 1.64. The monoisotopic (exact) mass is 252 g/mol. The minimum Gasteiger partial charge on any atom is -0.497 e. The topological polar surface area (TPSA) is 35.0 Å². The summed E-state index contributed by atoms with van der Waals surface area (Å²) in [6.45, 7) is 1.80. The fourth-order valence-electron chi connectivity index (χ4n) is 1.51. The molecule has 0 saturated carbocycles. The van der Waals surface area contributed by atoms with Crippen LogP contribution in [0.2, 0.25) is 5.28 Å². The third-order valence-electron chi connectivity index (χ3n) is 2.37. The molecule has 0 aliphatic heterocycles. The van der Waals surface area contributed by atoms with Gasteiger partial charge in [-0.2, -0.15) is 0 Å². The van der Waals surface area contributed by atoms with Crippen LogP contribution in [0.1, 0.15) is 5.56 Å². The summed E-state index contributed by atoms with van der Waals surface area (Å²) in [5, 5.41) is 0.0980.